The summed E-state index contributed by atoms with van der Waals surface area (Å²) in [5.74, 6) is 0. The average Bonchev–Trinajstić information content (AvgIpc) is 3.17. The Balaban J connectivity index is 1.59. The molecule has 0 bridgehead atoms. The fourth-order valence-corrected chi connectivity index (χ4v) is 3.47. The molecular weight excluding hydrogens is 310 g/mol. The van der Waals surface area contributed by atoms with Crippen molar-refractivity contribution in [1.82, 2.24) is 15.6 Å². The second-order valence-corrected chi connectivity index (χ2v) is 6.79. The zero-order chi connectivity index (χ0) is 16.2. The minimum absolute atomic E-state index is 0.0122. The summed E-state index contributed by atoms with van der Waals surface area (Å²) in [6.07, 6.45) is 0.732. The van der Waals surface area contributed by atoms with Crippen molar-refractivity contribution in [3.8, 4) is 0 Å². The summed E-state index contributed by atoms with van der Waals surface area (Å²) in [4.78, 5) is 16.7. The molecule has 3 unspecified atom stereocenters. The number of aromatic nitrogens is 1. The Morgan fingerprint density at radius 3 is 2.87 bits per heavy atom. The first kappa shape index (κ1) is 16.0. The number of aryl methyl sites for hydroxylation is 1. The van der Waals surface area contributed by atoms with Gasteiger partial charge >= 0.3 is 6.03 Å². The van der Waals surface area contributed by atoms with E-state index in [1.54, 1.807) is 11.3 Å². The van der Waals surface area contributed by atoms with E-state index in [1.807, 2.05) is 49.6 Å². The third-order valence-electron chi connectivity index (χ3n) is 3.96. The van der Waals surface area contributed by atoms with Gasteiger partial charge in [0.15, 0.2) is 0 Å². The van der Waals surface area contributed by atoms with Gasteiger partial charge in [-0.05, 0) is 25.8 Å². The second-order valence-electron chi connectivity index (χ2n) is 5.73. The van der Waals surface area contributed by atoms with Crippen LogP contribution in [-0.4, -0.2) is 23.7 Å². The molecular formula is C17H21N3O2S. The van der Waals surface area contributed by atoms with Crippen LogP contribution in [0.3, 0.4) is 0 Å². The van der Waals surface area contributed by atoms with Crippen molar-refractivity contribution in [1.29, 1.82) is 0 Å². The van der Waals surface area contributed by atoms with Gasteiger partial charge in [-0.15, -0.1) is 11.3 Å². The van der Waals surface area contributed by atoms with Gasteiger partial charge < -0.3 is 15.4 Å². The van der Waals surface area contributed by atoms with E-state index in [-0.39, 0.29) is 24.2 Å². The van der Waals surface area contributed by atoms with Crippen LogP contribution in [0.2, 0.25) is 0 Å². The van der Waals surface area contributed by atoms with Crippen LogP contribution in [0, 0.1) is 6.92 Å². The predicted molar refractivity (Wildman–Crippen MR) is 90.5 cm³/mol. The summed E-state index contributed by atoms with van der Waals surface area (Å²) in [6, 6.07) is 9.71. The molecule has 23 heavy (non-hydrogen) atoms. The van der Waals surface area contributed by atoms with E-state index in [4.69, 9.17) is 4.74 Å². The van der Waals surface area contributed by atoms with Crippen LogP contribution in [0.4, 0.5) is 4.79 Å². The van der Waals surface area contributed by atoms with E-state index in [0.717, 1.165) is 22.7 Å². The molecule has 1 aromatic carbocycles. The number of amides is 2. The molecule has 1 aliphatic rings. The monoisotopic (exact) mass is 331 g/mol. The minimum atomic E-state index is -0.181. The lowest BCUT2D eigenvalue weighted by atomic mass is 10.0. The maximum absolute atomic E-state index is 12.3. The molecule has 2 aromatic rings. The van der Waals surface area contributed by atoms with Crippen LogP contribution in [-0.2, 0) is 4.74 Å². The number of nitrogens with zero attached hydrogens (tertiary/aromatic N) is 1. The Hall–Kier alpha value is -1.92. The van der Waals surface area contributed by atoms with Crippen LogP contribution >= 0.6 is 11.3 Å². The molecule has 2 N–H and O–H groups in total. The van der Waals surface area contributed by atoms with E-state index in [0.29, 0.717) is 6.61 Å². The van der Waals surface area contributed by atoms with Crippen molar-refractivity contribution in [3.05, 3.63) is 52.0 Å². The van der Waals surface area contributed by atoms with Gasteiger partial charge in [-0.1, -0.05) is 30.3 Å². The fourth-order valence-electron chi connectivity index (χ4n) is 2.77. The molecule has 0 saturated carbocycles. The lowest BCUT2D eigenvalue weighted by molar-refractivity contribution is 0.0998. The SMILES string of the molecule is Cc1nc(C(C)NC(=O)NC2CCOC2c2ccccc2)cs1. The van der Waals surface area contributed by atoms with Crippen molar-refractivity contribution >= 4 is 17.4 Å². The lowest BCUT2D eigenvalue weighted by Gasteiger charge is -2.21. The number of hydrogen-bond acceptors (Lipinski definition) is 4. The van der Waals surface area contributed by atoms with E-state index in [1.165, 1.54) is 0 Å². The molecule has 2 heterocycles. The first-order valence-electron chi connectivity index (χ1n) is 7.79. The van der Waals surface area contributed by atoms with Crippen LogP contribution in [0.1, 0.15) is 41.8 Å². The van der Waals surface area contributed by atoms with Crippen molar-refractivity contribution in [2.24, 2.45) is 0 Å². The summed E-state index contributed by atoms with van der Waals surface area (Å²) in [6.45, 7) is 4.56. The molecule has 6 heteroatoms. The topological polar surface area (TPSA) is 63.2 Å². The molecule has 3 atom stereocenters. The highest BCUT2D eigenvalue weighted by Gasteiger charge is 2.31. The molecule has 2 amide bonds. The highest BCUT2D eigenvalue weighted by molar-refractivity contribution is 7.09. The van der Waals surface area contributed by atoms with Crippen molar-refractivity contribution in [2.45, 2.75) is 38.5 Å². The number of nitrogens with one attached hydrogen (secondary N) is 2. The van der Waals surface area contributed by atoms with E-state index in [9.17, 15) is 4.79 Å². The van der Waals surface area contributed by atoms with Crippen molar-refractivity contribution in [3.63, 3.8) is 0 Å². The number of thiazole rings is 1. The van der Waals surface area contributed by atoms with Gasteiger partial charge in [0, 0.05) is 12.0 Å². The van der Waals surface area contributed by atoms with E-state index >= 15 is 0 Å². The van der Waals surface area contributed by atoms with Gasteiger partial charge in [0.05, 0.1) is 22.8 Å². The number of benzene rings is 1. The summed E-state index contributed by atoms with van der Waals surface area (Å²) in [5, 5.41) is 8.96. The molecule has 1 aromatic heterocycles. The Morgan fingerprint density at radius 1 is 1.39 bits per heavy atom. The standard InChI is InChI=1S/C17H21N3O2S/c1-11(15-10-23-12(2)19-15)18-17(21)20-14-8-9-22-16(14)13-6-4-3-5-7-13/h3-7,10-11,14,16H,8-9H2,1-2H3,(H2,18,20,21). The van der Waals surface area contributed by atoms with Gasteiger partial charge in [-0.2, -0.15) is 0 Å². The third kappa shape index (κ3) is 3.89. The highest BCUT2D eigenvalue weighted by Crippen LogP contribution is 2.29. The zero-order valence-corrected chi connectivity index (χ0v) is 14.1. The first-order chi connectivity index (χ1) is 11.1. The summed E-state index contributed by atoms with van der Waals surface area (Å²) < 4.78 is 5.79. The molecule has 0 radical (unpaired) electrons. The van der Waals surface area contributed by atoms with E-state index in [2.05, 4.69) is 15.6 Å². The normalized spacial score (nSPS) is 21.8. The number of hydrogen-bond donors (Lipinski definition) is 2. The minimum Gasteiger partial charge on any atom is -0.371 e. The lowest BCUT2D eigenvalue weighted by Crippen LogP contribution is -2.44. The summed E-state index contributed by atoms with van der Waals surface area (Å²) in [7, 11) is 0. The number of carbonyl (C=O) groups excluding carboxylic acids is 1. The van der Waals surface area contributed by atoms with Gasteiger partial charge in [0.2, 0.25) is 0 Å². The van der Waals surface area contributed by atoms with Gasteiger partial charge in [0.25, 0.3) is 0 Å². The molecule has 5 nitrogen and oxygen atoms in total. The number of ether oxygens (including phenoxy) is 1. The zero-order valence-electron chi connectivity index (χ0n) is 13.3. The maximum Gasteiger partial charge on any atom is 0.315 e. The Kier molecular flexibility index (Phi) is 4.93. The molecule has 122 valence electrons. The van der Waals surface area contributed by atoms with Gasteiger partial charge in [0.1, 0.15) is 6.10 Å². The van der Waals surface area contributed by atoms with Crippen LogP contribution in [0.25, 0.3) is 0 Å². The number of urea groups is 1. The van der Waals surface area contributed by atoms with Gasteiger partial charge in [-0.3, -0.25) is 0 Å². The first-order valence-corrected chi connectivity index (χ1v) is 8.67. The smallest absolute Gasteiger partial charge is 0.315 e. The average molecular weight is 331 g/mol. The van der Waals surface area contributed by atoms with E-state index < -0.39 is 0 Å². The maximum atomic E-state index is 12.3. The second kappa shape index (κ2) is 7.10. The van der Waals surface area contributed by atoms with Crippen LogP contribution in [0.5, 0.6) is 0 Å². The van der Waals surface area contributed by atoms with Crippen molar-refractivity contribution < 1.29 is 9.53 Å². The Morgan fingerprint density at radius 2 is 2.17 bits per heavy atom. The number of rotatable bonds is 4. The number of carbonyl (C=O) groups is 1. The third-order valence-corrected chi connectivity index (χ3v) is 4.76. The Labute approximate surface area is 140 Å². The molecule has 1 aliphatic heterocycles. The molecule has 0 spiro atoms. The molecule has 3 rings (SSSR count). The highest BCUT2D eigenvalue weighted by atomic mass is 32.1. The van der Waals surface area contributed by atoms with Crippen molar-refractivity contribution in [2.75, 3.05) is 6.61 Å². The quantitative estimate of drug-likeness (QED) is 0.903. The molecule has 1 fully saturated rings. The van der Waals surface area contributed by atoms with Crippen LogP contribution in [0.15, 0.2) is 35.7 Å². The molecule has 1 saturated heterocycles. The summed E-state index contributed by atoms with van der Waals surface area (Å²) in [5.41, 5.74) is 1.99. The fraction of sp³-hybridized carbons (Fsp3) is 0.412. The predicted octanol–water partition coefficient (Wildman–Crippen LogP) is 3.34. The largest absolute Gasteiger partial charge is 0.371 e. The van der Waals surface area contributed by atoms with Gasteiger partial charge in [-0.25, -0.2) is 9.78 Å². The summed E-state index contributed by atoms with van der Waals surface area (Å²) >= 11 is 1.59. The Bertz CT molecular complexity index is 659. The molecule has 0 aliphatic carbocycles. The van der Waals surface area contributed by atoms with Crippen LogP contribution < -0.4 is 10.6 Å².